The van der Waals surface area contributed by atoms with Gasteiger partial charge in [-0.05, 0) is 35.7 Å². The Balaban J connectivity index is 1.69. The predicted octanol–water partition coefficient (Wildman–Crippen LogP) is 3.84. The molecule has 3 rings (SSSR count). The molecule has 0 amide bonds. The highest BCUT2D eigenvalue weighted by molar-refractivity contribution is 7.98. The Hall–Kier alpha value is -1.98. The molecule has 0 bridgehead atoms. The first-order valence-electron chi connectivity index (χ1n) is 7.24. The van der Waals surface area contributed by atoms with E-state index < -0.39 is 0 Å². The van der Waals surface area contributed by atoms with Crippen LogP contribution in [-0.2, 0) is 12.2 Å². The first kappa shape index (κ1) is 15.9. The number of rotatable bonds is 5. The second kappa shape index (κ2) is 7.06. The van der Waals surface area contributed by atoms with Crippen molar-refractivity contribution in [1.82, 2.24) is 14.9 Å². The molecule has 0 unspecified atom stereocenters. The lowest BCUT2D eigenvalue weighted by Crippen LogP contribution is -2.14. The van der Waals surface area contributed by atoms with Gasteiger partial charge in [-0.2, -0.15) is 0 Å². The molecular weight excluding hydrogens is 328 g/mol. The number of aryl methyl sites for hydroxylation is 1. The third-order valence-electron chi connectivity index (χ3n) is 3.63. The summed E-state index contributed by atoms with van der Waals surface area (Å²) in [6, 6.07) is 16.0. The van der Waals surface area contributed by atoms with Crippen LogP contribution in [0, 0.1) is 6.92 Å². The van der Waals surface area contributed by atoms with Crippen molar-refractivity contribution in [1.29, 1.82) is 0 Å². The molecule has 118 valence electrons. The number of aromatic nitrogens is 3. The Labute approximate surface area is 144 Å². The van der Waals surface area contributed by atoms with Gasteiger partial charge in [0.2, 0.25) is 5.16 Å². The van der Waals surface area contributed by atoms with E-state index in [-0.39, 0.29) is 0 Å². The molecule has 0 spiro atoms. The van der Waals surface area contributed by atoms with E-state index in [4.69, 9.17) is 17.4 Å². The number of hydrogen-bond acceptors (Lipinski definition) is 4. The van der Waals surface area contributed by atoms with Crippen LogP contribution in [0.2, 0.25) is 5.02 Å². The topological polar surface area (TPSA) is 56.7 Å². The van der Waals surface area contributed by atoms with Crippen molar-refractivity contribution in [3.8, 4) is 0 Å². The highest BCUT2D eigenvalue weighted by Gasteiger charge is 2.11. The molecule has 0 fully saturated rings. The van der Waals surface area contributed by atoms with Crippen molar-refractivity contribution in [3.05, 3.63) is 76.1 Å². The molecule has 23 heavy (non-hydrogen) atoms. The van der Waals surface area contributed by atoms with Gasteiger partial charge in [-0.3, -0.25) is 0 Å². The number of hydrogen-bond donors (Lipinski definition) is 1. The minimum Gasteiger partial charge on any atom is -0.336 e. The van der Waals surface area contributed by atoms with E-state index >= 15 is 0 Å². The average Bonchev–Trinajstić information content (AvgIpc) is 2.90. The summed E-state index contributed by atoms with van der Waals surface area (Å²) in [7, 11) is 0. The van der Waals surface area contributed by atoms with Crippen molar-refractivity contribution in [2.75, 3.05) is 5.84 Å². The van der Waals surface area contributed by atoms with Gasteiger partial charge in [-0.25, -0.2) is 4.68 Å². The highest BCUT2D eigenvalue weighted by Crippen LogP contribution is 2.22. The van der Waals surface area contributed by atoms with Gasteiger partial charge in [-0.15, -0.1) is 10.2 Å². The Kier molecular flexibility index (Phi) is 4.88. The van der Waals surface area contributed by atoms with Crippen molar-refractivity contribution >= 4 is 23.4 Å². The lowest BCUT2D eigenvalue weighted by Gasteiger charge is -2.06. The fourth-order valence-corrected chi connectivity index (χ4v) is 3.19. The summed E-state index contributed by atoms with van der Waals surface area (Å²) in [4.78, 5) is 0. The summed E-state index contributed by atoms with van der Waals surface area (Å²) in [5.41, 5.74) is 3.61. The Morgan fingerprint density at radius 2 is 1.83 bits per heavy atom. The number of halogens is 1. The van der Waals surface area contributed by atoms with Crippen molar-refractivity contribution in [2.45, 2.75) is 24.3 Å². The SMILES string of the molecule is Cc1ccccc1Cc1nnc(SCc2ccc(Cl)cc2)n1N. The minimum atomic E-state index is 0.678. The number of nitrogens with zero attached hydrogens (tertiary/aromatic N) is 3. The predicted molar refractivity (Wildman–Crippen MR) is 95.2 cm³/mol. The van der Waals surface area contributed by atoms with Gasteiger partial charge in [0, 0.05) is 17.2 Å². The van der Waals surface area contributed by atoms with Gasteiger partial charge >= 0.3 is 0 Å². The Bertz CT molecular complexity index is 799. The number of nitrogen functional groups attached to an aromatic ring is 1. The maximum atomic E-state index is 6.14. The minimum absolute atomic E-state index is 0.678. The molecular formula is C17H17ClN4S. The Morgan fingerprint density at radius 3 is 2.57 bits per heavy atom. The van der Waals surface area contributed by atoms with E-state index in [1.807, 2.05) is 36.4 Å². The molecule has 0 radical (unpaired) electrons. The van der Waals surface area contributed by atoms with Gasteiger partial charge in [0.1, 0.15) is 0 Å². The summed E-state index contributed by atoms with van der Waals surface area (Å²) in [5, 5.41) is 9.87. The molecule has 1 aromatic heterocycles. The van der Waals surface area contributed by atoms with Crippen molar-refractivity contribution in [3.63, 3.8) is 0 Å². The van der Waals surface area contributed by atoms with E-state index in [2.05, 4.69) is 29.3 Å². The molecule has 6 heteroatoms. The van der Waals surface area contributed by atoms with Gasteiger partial charge in [0.25, 0.3) is 0 Å². The molecule has 0 saturated carbocycles. The second-order valence-electron chi connectivity index (χ2n) is 5.29. The van der Waals surface area contributed by atoms with Gasteiger partial charge in [0.15, 0.2) is 5.82 Å². The van der Waals surface area contributed by atoms with Crippen LogP contribution in [-0.4, -0.2) is 14.9 Å². The monoisotopic (exact) mass is 344 g/mol. The average molecular weight is 345 g/mol. The molecule has 0 atom stereocenters. The van der Waals surface area contributed by atoms with Gasteiger partial charge < -0.3 is 5.84 Å². The molecule has 0 aliphatic rings. The zero-order chi connectivity index (χ0) is 16.2. The molecule has 2 aromatic carbocycles. The largest absolute Gasteiger partial charge is 0.336 e. The first-order chi connectivity index (χ1) is 11.1. The maximum Gasteiger partial charge on any atom is 0.210 e. The lowest BCUT2D eigenvalue weighted by molar-refractivity contribution is 0.804. The van der Waals surface area contributed by atoms with Gasteiger partial charge in [0.05, 0.1) is 0 Å². The third kappa shape index (κ3) is 3.86. The highest BCUT2D eigenvalue weighted by atomic mass is 35.5. The van der Waals surface area contributed by atoms with Crippen LogP contribution in [0.25, 0.3) is 0 Å². The van der Waals surface area contributed by atoms with E-state index in [1.165, 1.54) is 16.7 Å². The number of nitrogens with two attached hydrogens (primary N) is 1. The quantitative estimate of drug-likeness (QED) is 0.564. The molecule has 4 nitrogen and oxygen atoms in total. The van der Waals surface area contributed by atoms with Crippen LogP contribution in [0.3, 0.4) is 0 Å². The second-order valence-corrected chi connectivity index (χ2v) is 6.67. The summed E-state index contributed by atoms with van der Waals surface area (Å²) in [6.45, 7) is 2.09. The molecule has 2 N–H and O–H groups in total. The maximum absolute atomic E-state index is 6.14. The summed E-state index contributed by atoms with van der Waals surface area (Å²) >= 11 is 7.46. The number of benzene rings is 2. The van der Waals surface area contributed by atoms with Crippen molar-refractivity contribution in [2.24, 2.45) is 0 Å². The van der Waals surface area contributed by atoms with Crippen LogP contribution >= 0.6 is 23.4 Å². The summed E-state index contributed by atoms with van der Waals surface area (Å²) < 4.78 is 1.58. The van der Waals surface area contributed by atoms with E-state index in [0.29, 0.717) is 11.6 Å². The lowest BCUT2D eigenvalue weighted by atomic mass is 10.1. The van der Waals surface area contributed by atoms with Crippen LogP contribution in [0.1, 0.15) is 22.5 Å². The first-order valence-corrected chi connectivity index (χ1v) is 8.61. The molecule has 0 saturated heterocycles. The standard InChI is InChI=1S/C17H17ClN4S/c1-12-4-2-3-5-14(12)10-16-20-21-17(22(16)19)23-11-13-6-8-15(18)9-7-13/h2-9H,10-11,19H2,1H3. The van der Waals surface area contributed by atoms with E-state index in [9.17, 15) is 0 Å². The zero-order valence-electron chi connectivity index (χ0n) is 12.7. The molecule has 0 aliphatic carbocycles. The normalized spacial score (nSPS) is 10.9. The summed E-state index contributed by atoms with van der Waals surface area (Å²) in [5.74, 6) is 7.68. The van der Waals surface area contributed by atoms with Crippen LogP contribution in [0.4, 0.5) is 0 Å². The van der Waals surface area contributed by atoms with Crippen LogP contribution in [0.15, 0.2) is 53.7 Å². The van der Waals surface area contributed by atoms with E-state index in [0.717, 1.165) is 16.6 Å². The molecule has 0 aliphatic heterocycles. The molecule has 3 aromatic rings. The van der Waals surface area contributed by atoms with E-state index in [1.54, 1.807) is 16.4 Å². The zero-order valence-corrected chi connectivity index (χ0v) is 14.3. The van der Waals surface area contributed by atoms with Gasteiger partial charge in [-0.1, -0.05) is 59.8 Å². The summed E-state index contributed by atoms with van der Waals surface area (Å²) in [6.07, 6.45) is 0.678. The van der Waals surface area contributed by atoms with Crippen LogP contribution in [0.5, 0.6) is 0 Å². The van der Waals surface area contributed by atoms with Crippen molar-refractivity contribution < 1.29 is 0 Å². The Morgan fingerprint density at radius 1 is 1.09 bits per heavy atom. The smallest absolute Gasteiger partial charge is 0.210 e. The fourth-order valence-electron chi connectivity index (χ4n) is 2.23. The molecule has 1 heterocycles. The number of thioether (sulfide) groups is 1. The van der Waals surface area contributed by atoms with Crippen LogP contribution < -0.4 is 5.84 Å². The fraction of sp³-hybridized carbons (Fsp3) is 0.176. The third-order valence-corrected chi connectivity index (χ3v) is 4.89.